The van der Waals surface area contributed by atoms with Gasteiger partial charge < -0.3 is 9.16 Å². The summed E-state index contributed by atoms with van der Waals surface area (Å²) in [5.74, 6) is 1.91. The minimum Gasteiger partial charge on any atom is -0.544 e. The average molecular weight is 343 g/mol. The molecule has 0 aliphatic heterocycles. The molecule has 0 saturated heterocycles. The van der Waals surface area contributed by atoms with Gasteiger partial charge in [-0.25, -0.2) is 0 Å². The Morgan fingerprint density at radius 3 is 2.04 bits per heavy atom. The smallest absolute Gasteiger partial charge is 0.250 e. The molecule has 2 aromatic rings. The van der Waals surface area contributed by atoms with E-state index in [9.17, 15) is 0 Å². The van der Waals surface area contributed by atoms with Crippen molar-refractivity contribution in [1.82, 2.24) is 0 Å². The lowest BCUT2D eigenvalue weighted by Gasteiger charge is -2.36. The van der Waals surface area contributed by atoms with Crippen LogP contribution < -0.4 is 9.16 Å². The zero-order valence-electron chi connectivity index (χ0n) is 15.8. The molecular formula is C21H30O2Si. The lowest BCUT2D eigenvalue weighted by atomic mass is 10.0. The first kappa shape index (κ1) is 18.6. The van der Waals surface area contributed by atoms with E-state index >= 15 is 0 Å². The number of aryl methyl sites for hydroxylation is 2. The molecule has 0 bridgehead atoms. The lowest BCUT2D eigenvalue weighted by molar-refractivity contribution is 0.414. The van der Waals surface area contributed by atoms with E-state index in [-0.39, 0.29) is 5.04 Å². The van der Waals surface area contributed by atoms with Gasteiger partial charge in [-0.3, -0.25) is 0 Å². The number of ether oxygens (including phenoxy) is 1. The molecule has 0 spiro atoms. The summed E-state index contributed by atoms with van der Waals surface area (Å²) in [4.78, 5) is 0. The van der Waals surface area contributed by atoms with Crippen molar-refractivity contribution >= 4 is 8.32 Å². The first-order valence-corrected chi connectivity index (χ1v) is 11.5. The summed E-state index contributed by atoms with van der Waals surface area (Å²) in [6.45, 7) is 11.4. The molecular weight excluding hydrogens is 312 g/mol. The molecule has 2 rings (SSSR count). The van der Waals surface area contributed by atoms with Gasteiger partial charge in [-0.2, -0.15) is 0 Å². The minimum atomic E-state index is -1.76. The van der Waals surface area contributed by atoms with Crippen LogP contribution in [0.2, 0.25) is 18.1 Å². The maximum Gasteiger partial charge on any atom is 0.250 e. The predicted octanol–water partition coefficient (Wildman–Crippen LogP) is 5.86. The monoisotopic (exact) mass is 342 g/mol. The molecule has 0 atom stereocenters. The van der Waals surface area contributed by atoms with Crippen LogP contribution in [0.1, 0.15) is 31.9 Å². The highest BCUT2D eigenvalue weighted by molar-refractivity contribution is 6.74. The summed E-state index contributed by atoms with van der Waals surface area (Å²) < 4.78 is 11.6. The van der Waals surface area contributed by atoms with Gasteiger partial charge in [0.05, 0.1) is 7.11 Å². The van der Waals surface area contributed by atoms with Crippen LogP contribution >= 0.6 is 0 Å². The second-order valence-corrected chi connectivity index (χ2v) is 12.6. The number of methoxy groups -OCH3 is 1. The van der Waals surface area contributed by atoms with Crippen molar-refractivity contribution in [2.45, 2.75) is 51.7 Å². The molecule has 0 radical (unpaired) electrons. The third-order valence-electron chi connectivity index (χ3n) is 4.94. The molecule has 0 unspecified atom stereocenters. The Morgan fingerprint density at radius 1 is 0.833 bits per heavy atom. The summed E-state index contributed by atoms with van der Waals surface area (Å²) in [6, 6.07) is 16.9. The molecule has 0 fully saturated rings. The highest BCUT2D eigenvalue weighted by Gasteiger charge is 2.38. The first-order chi connectivity index (χ1) is 11.2. The van der Waals surface area contributed by atoms with E-state index in [1.165, 1.54) is 11.1 Å². The van der Waals surface area contributed by atoms with E-state index in [0.29, 0.717) is 0 Å². The summed E-state index contributed by atoms with van der Waals surface area (Å²) in [6.07, 6.45) is 2.03. The standard InChI is InChI=1S/C21H30O2Si/c1-21(2,3)24(5,6)23-19-14-12-17(13-15-19)10-11-18-8-7-9-20(16-18)22-4/h7-9,12-16H,10-11H2,1-6H3. The van der Waals surface area contributed by atoms with Gasteiger partial charge in [0, 0.05) is 0 Å². The predicted molar refractivity (Wildman–Crippen MR) is 105 cm³/mol. The van der Waals surface area contributed by atoms with Gasteiger partial charge in [0.15, 0.2) is 0 Å². The summed E-state index contributed by atoms with van der Waals surface area (Å²) in [5, 5.41) is 0.220. The second kappa shape index (κ2) is 7.43. The lowest BCUT2D eigenvalue weighted by Crippen LogP contribution is -2.43. The fraction of sp³-hybridized carbons (Fsp3) is 0.429. The fourth-order valence-corrected chi connectivity index (χ4v) is 3.32. The second-order valence-electron chi connectivity index (χ2n) is 7.86. The Kier molecular flexibility index (Phi) is 5.76. The van der Waals surface area contributed by atoms with Gasteiger partial charge >= 0.3 is 0 Å². The summed E-state index contributed by atoms with van der Waals surface area (Å²) in [5.41, 5.74) is 2.64. The molecule has 2 aromatic carbocycles. The molecule has 0 amide bonds. The molecule has 24 heavy (non-hydrogen) atoms. The van der Waals surface area contributed by atoms with Crippen LogP contribution in [0.15, 0.2) is 48.5 Å². The van der Waals surface area contributed by atoms with Gasteiger partial charge in [0.2, 0.25) is 8.32 Å². The van der Waals surface area contributed by atoms with Crippen molar-refractivity contribution in [3.05, 3.63) is 59.7 Å². The maximum atomic E-state index is 6.34. The maximum absolute atomic E-state index is 6.34. The third kappa shape index (κ3) is 4.87. The number of benzene rings is 2. The third-order valence-corrected chi connectivity index (χ3v) is 9.30. The summed E-state index contributed by atoms with van der Waals surface area (Å²) >= 11 is 0. The minimum absolute atomic E-state index is 0.220. The van der Waals surface area contributed by atoms with Gasteiger partial charge in [-0.05, 0) is 66.4 Å². The number of hydrogen-bond donors (Lipinski definition) is 0. The molecule has 0 N–H and O–H groups in total. The number of hydrogen-bond acceptors (Lipinski definition) is 2. The quantitative estimate of drug-likeness (QED) is 0.612. The van der Waals surface area contributed by atoms with E-state index < -0.39 is 8.32 Å². The SMILES string of the molecule is COc1cccc(CCc2ccc(O[Si](C)(C)C(C)(C)C)cc2)c1. The van der Waals surface area contributed by atoms with Crippen LogP contribution in [-0.4, -0.2) is 15.4 Å². The molecule has 0 saturated carbocycles. The van der Waals surface area contributed by atoms with Crippen molar-refractivity contribution in [2.24, 2.45) is 0 Å². The van der Waals surface area contributed by atoms with E-state index in [1.54, 1.807) is 7.11 Å². The van der Waals surface area contributed by atoms with Gasteiger partial charge in [-0.1, -0.05) is 45.0 Å². The molecule has 2 nitrogen and oxygen atoms in total. The van der Waals surface area contributed by atoms with Crippen molar-refractivity contribution in [3.63, 3.8) is 0 Å². The van der Waals surface area contributed by atoms with E-state index in [2.05, 4.69) is 70.3 Å². The largest absolute Gasteiger partial charge is 0.544 e. The Morgan fingerprint density at radius 2 is 1.46 bits per heavy atom. The molecule has 0 heterocycles. The highest BCUT2D eigenvalue weighted by Crippen LogP contribution is 2.37. The molecule has 0 aromatic heterocycles. The normalized spacial score (nSPS) is 12.1. The molecule has 3 heteroatoms. The highest BCUT2D eigenvalue weighted by atomic mass is 28.4. The summed E-state index contributed by atoms with van der Waals surface area (Å²) in [7, 11) is -0.0501. The van der Waals surface area contributed by atoms with Crippen LogP contribution in [0.3, 0.4) is 0 Å². The average Bonchev–Trinajstić information content (AvgIpc) is 2.53. The fourth-order valence-electron chi connectivity index (χ4n) is 2.29. The van der Waals surface area contributed by atoms with Crippen LogP contribution in [0.25, 0.3) is 0 Å². The van der Waals surface area contributed by atoms with Crippen molar-refractivity contribution in [3.8, 4) is 11.5 Å². The van der Waals surface area contributed by atoms with E-state index in [1.807, 2.05) is 12.1 Å². The molecule has 0 aliphatic carbocycles. The zero-order chi connectivity index (χ0) is 17.8. The Balaban J connectivity index is 1.97. The van der Waals surface area contributed by atoms with Crippen LogP contribution in [-0.2, 0) is 12.8 Å². The number of rotatable bonds is 6. The molecule has 130 valence electrons. The van der Waals surface area contributed by atoms with Gasteiger partial charge in [0.1, 0.15) is 11.5 Å². The first-order valence-electron chi connectivity index (χ1n) is 8.62. The Hall–Kier alpha value is -1.74. The zero-order valence-corrected chi connectivity index (χ0v) is 16.8. The Bertz CT molecular complexity index is 654. The van der Waals surface area contributed by atoms with Gasteiger partial charge in [0.25, 0.3) is 0 Å². The van der Waals surface area contributed by atoms with Crippen molar-refractivity contribution in [2.75, 3.05) is 7.11 Å². The van der Waals surface area contributed by atoms with Crippen molar-refractivity contribution < 1.29 is 9.16 Å². The van der Waals surface area contributed by atoms with Gasteiger partial charge in [-0.15, -0.1) is 0 Å². The van der Waals surface area contributed by atoms with Crippen LogP contribution in [0, 0.1) is 0 Å². The van der Waals surface area contributed by atoms with Crippen LogP contribution in [0.4, 0.5) is 0 Å². The van der Waals surface area contributed by atoms with Crippen LogP contribution in [0.5, 0.6) is 11.5 Å². The van der Waals surface area contributed by atoms with E-state index in [0.717, 1.165) is 24.3 Å². The van der Waals surface area contributed by atoms with Crippen molar-refractivity contribution in [1.29, 1.82) is 0 Å². The topological polar surface area (TPSA) is 18.5 Å². The molecule has 0 aliphatic rings. The Labute approximate surface area is 148 Å². The van der Waals surface area contributed by atoms with E-state index in [4.69, 9.17) is 9.16 Å².